The topological polar surface area (TPSA) is 9.23 Å². The van der Waals surface area contributed by atoms with Crippen LogP contribution in [0.25, 0.3) is 0 Å². The molecule has 0 saturated carbocycles. The Hall–Kier alpha value is -0.980. The first-order valence-electron chi connectivity index (χ1n) is 13.5. The van der Waals surface area contributed by atoms with E-state index in [1.165, 1.54) is 135 Å². The van der Waals surface area contributed by atoms with Crippen LogP contribution in [0, 0.1) is 6.07 Å². The summed E-state index contributed by atoms with van der Waals surface area (Å²) < 4.78 is 5.69. The van der Waals surface area contributed by atoms with Gasteiger partial charge in [-0.15, -0.1) is 0 Å². The van der Waals surface area contributed by atoms with Gasteiger partial charge in [0.25, 0.3) is 0 Å². The summed E-state index contributed by atoms with van der Waals surface area (Å²) in [6, 6.07) is 11.0. The van der Waals surface area contributed by atoms with Gasteiger partial charge in [0.2, 0.25) is 0 Å². The molecule has 0 bridgehead atoms. The van der Waals surface area contributed by atoms with Crippen LogP contribution in [0.5, 0.6) is 5.75 Å². The fourth-order valence-corrected chi connectivity index (χ4v) is 4.18. The SMILES string of the molecule is CCCCCCCCCCCCCCCCCCCCCCCOc1[c]cccc1. The Morgan fingerprint density at radius 1 is 0.533 bits per heavy atom. The lowest BCUT2D eigenvalue weighted by Crippen LogP contribution is -1.97. The number of benzene rings is 1. The van der Waals surface area contributed by atoms with Gasteiger partial charge in [0, 0.05) is 6.07 Å². The standard InChI is InChI=1S/C29H51O/c1-2-3-4-5-6-7-8-9-10-11-12-13-14-15-16-17-18-19-20-21-25-28-30-29-26-23-22-24-27-29/h22-24,26H,2-21,25,28H2,1H3. The Labute approximate surface area is 189 Å². The molecule has 0 amide bonds. The van der Waals surface area contributed by atoms with Crippen LogP contribution in [0.1, 0.15) is 142 Å². The van der Waals surface area contributed by atoms with Crippen molar-refractivity contribution in [3.8, 4) is 5.75 Å². The second-order valence-corrected chi connectivity index (χ2v) is 9.15. The fourth-order valence-electron chi connectivity index (χ4n) is 4.18. The highest BCUT2D eigenvalue weighted by Gasteiger charge is 1.96. The maximum absolute atomic E-state index is 5.69. The van der Waals surface area contributed by atoms with Gasteiger partial charge in [0.1, 0.15) is 5.75 Å². The first-order chi connectivity index (χ1) is 14.9. The first kappa shape index (κ1) is 27.1. The van der Waals surface area contributed by atoms with Crippen LogP contribution < -0.4 is 4.74 Å². The molecule has 0 N–H and O–H groups in total. The molecule has 0 spiro atoms. The van der Waals surface area contributed by atoms with Gasteiger partial charge in [-0.05, 0) is 12.5 Å². The predicted molar refractivity (Wildman–Crippen MR) is 133 cm³/mol. The lowest BCUT2D eigenvalue weighted by atomic mass is 10.0. The summed E-state index contributed by atoms with van der Waals surface area (Å²) in [5, 5.41) is 0. The van der Waals surface area contributed by atoms with E-state index in [-0.39, 0.29) is 0 Å². The van der Waals surface area contributed by atoms with Gasteiger partial charge in [0.05, 0.1) is 6.61 Å². The van der Waals surface area contributed by atoms with Crippen LogP contribution in [0.15, 0.2) is 24.3 Å². The van der Waals surface area contributed by atoms with Gasteiger partial charge in [0.15, 0.2) is 0 Å². The summed E-state index contributed by atoms with van der Waals surface area (Å²) in [6.07, 6.45) is 30.0. The minimum absolute atomic E-state index is 0.833. The van der Waals surface area contributed by atoms with Crippen LogP contribution in [0.4, 0.5) is 0 Å². The molecule has 1 radical (unpaired) electrons. The summed E-state index contributed by atoms with van der Waals surface area (Å²) >= 11 is 0. The lowest BCUT2D eigenvalue weighted by molar-refractivity contribution is 0.303. The van der Waals surface area contributed by atoms with E-state index in [9.17, 15) is 0 Å². The molecule has 1 nitrogen and oxygen atoms in total. The maximum atomic E-state index is 5.69. The molecular formula is C29H51O. The molecule has 30 heavy (non-hydrogen) atoms. The summed E-state index contributed by atoms with van der Waals surface area (Å²) in [7, 11) is 0. The van der Waals surface area contributed by atoms with E-state index >= 15 is 0 Å². The molecule has 0 aliphatic heterocycles. The van der Waals surface area contributed by atoms with Crippen molar-refractivity contribution in [3.05, 3.63) is 30.3 Å². The minimum atomic E-state index is 0.833. The smallest absolute Gasteiger partial charge is 0.127 e. The molecule has 0 saturated heterocycles. The molecule has 1 aromatic carbocycles. The van der Waals surface area contributed by atoms with Gasteiger partial charge < -0.3 is 4.74 Å². The van der Waals surface area contributed by atoms with E-state index in [1.54, 1.807) is 0 Å². The Kier molecular flexibility index (Phi) is 20.5. The van der Waals surface area contributed by atoms with E-state index < -0.39 is 0 Å². The highest BCUT2D eigenvalue weighted by Crippen LogP contribution is 2.15. The monoisotopic (exact) mass is 415 g/mol. The molecule has 1 heteroatoms. The molecular weight excluding hydrogens is 364 g/mol. The maximum Gasteiger partial charge on any atom is 0.127 e. The van der Waals surface area contributed by atoms with Gasteiger partial charge >= 0.3 is 0 Å². The number of ether oxygens (including phenoxy) is 1. The van der Waals surface area contributed by atoms with E-state index in [0.717, 1.165) is 12.4 Å². The lowest BCUT2D eigenvalue weighted by Gasteiger charge is -2.05. The van der Waals surface area contributed by atoms with Crippen LogP contribution in [0.2, 0.25) is 0 Å². The van der Waals surface area contributed by atoms with Crippen molar-refractivity contribution in [3.63, 3.8) is 0 Å². The fraction of sp³-hybridized carbons (Fsp3) is 0.793. The van der Waals surface area contributed by atoms with Crippen LogP contribution in [0.3, 0.4) is 0 Å². The van der Waals surface area contributed by atoms with E-state index in [1.807, 2.05) is 24.3 Å². The number of rotatable bonds is 23. The molecule has 0 heterocycles. The first-order valence-corrected chi connectivity index (χ1v) is 13.5. The number of hydrogen-bond acceptors (Lipinski definition) is 1. The van der Waals surface area contributed by atoms with Crippen molar-refractivity contribution in [2.75, 3.05) is 6.61 Å². The molecule has 0 unspecified atom stereocenters. The van der Waals surface area contributed by atoms with Crippen molar-refractivity contribution in [1.82, 2.24) is 0 Å². The third kappa shape index (κ3) is 19.0. The average molecular weight is 416 g/mol. The second-order valence-electron chi connectivity index (χ2n) is 9.15. The van der Waals surface area contributed by atoms with E-state index in [4.69, 9.17) is 4.74 Å². The summed E-state index contributed by atoms with van der Waals surface area (Å²) in [5.74, 6) is 0.880. The van der Waals surface area contributed by atoms with Gasteiger partial charge in [-0.25, -0.2) is 0 Å². The van der Waals surface area contributed by atoms with Crippen molar-refractivity contribution >= 4 is 0 Å². The number of hydrogen-bond donors (Lipinski definition) is 0. The summed E-state index contributed by atoms with van der Waals surface area (Å²) in [5.41, 5.74) is 0. The Morgan fingerprint density at radius 2 is 0.933 bits per heavy atom. The number of para-hydroxylation sites is 1. The Balaban J connectivity index is 1.65. The molecule has 173 valence electrons. The molecule has 0 fully saturated rings. The summed E-state index contributed by atoms with van der Waals surface area (Å²) in [4.78, 5) is 0. The molecule has 0 aliphatic rings. The van der Waals surface area contributed by atoms with E-state index in [2.05, 4.69) is 13.0 Å². The highest BCUT2D eigenvalue weighted by molar-refractivity contribution is 5.19. The normalized spacial score (nSPS) is 11.1. The molecule has 1 rings (SSSR count). The predicted octanol–water partition coefficient (Wildman–Crippen LogP) is 10.1. The largest absolute Gasteiger partial charge is 0.493 e. The zero-order chi connectivity index (χ0) is 21.4. The number of unbranched alkanes of at least 4 members (excludes halogenated alkanes) is 20. The zero-order valence-electron chi connectivity index (χ0n) is 20.3. The molecule has 0 aliphatic carbocycles. The van der Waals surface area contributed by atoms with E-state index in [0.29, 0.717) is 0 Å². The van der Waals surface area contributed by atoms with Crippen molar-refractivity contribution in [2.24, 2.45) is 0 Å². The van der Waals surface area contributed by atoms with Gasteiger partial charge in [-0.3, -0.25) is 0 Å². The third-order valence-corrected chi connectivity index (χ3v) is 6.19. The summed E-state index contributed by atoms with van der Waals surface area (Å²) in [6.45, 7) is 3.13. The van der Waals surface area contributed by atoms with Gasteiger partial charge in [-0.2, -0.15) is 0 Å². The van der Waals surface area contributed by atoms with Crippen molar-refractivity contribution in [1.29, 1.82) is 0 Å². The zero-order valence-corrected chi connectivity index (χ0v) is 20.3. The van der Waals surface area contributed by atoms with Crippen molar-refractivity contribution in [2.45, 2.75) is 142 Å². The highest BCUT2D eigenvalue weighted by atomic mass is 16.5. The third-order valence-electron chi connectivity index (χ3n) is 6.19. The molecule has 0 atom stereocenters. The minimum Gasteiger partial charge on any atom is -0.493 e. The van der Waals surface area contributed by atoms with Gasteiger partial charge in [-0.1, -0.05) is 154 Å². The second kappa shape index (κ2) is 22.7. The van der Waals surface area contributed by atoms with Crippen molar-refractivity contribution < 1.29 is 4.74 Å². The molecule has 1 aromatic rings. The average Bonchev–Trinajstić information content (AvgIpc) is 2.78. The Bertz CT molecular complexity index is 427. The van der Waals surface area contributed by atoms with Crippen LogP contribution in [-0.4, -0.2) is 6.61 Å². The van der Waals surface area contributed by atoms with Crippen LogP contribution in [-0.2, 0) is 0 Å². The molecule has 0 aromatic heterocycles. The quantitative estimate of drug-likeness (QED) is 0.161. The Morgan fingerprint density at radius 3 is 1.30 bits per heavy atom. The van der Waals surface area contributed by atoms with Crippen LogP contribution >= 0.6 is 0 Å².